The fourth-order valence-corrected chi connectivity index (χ4v) is 6.08. The van der Waals surface area contributed by atoms with Gasteiger partial charge in [-0.25, -0.2) is 14.4 Å². The van der Waals surface area contributed by atoms with Crippen LogP contribution < -0.4 is 30.2 Å². The standard InChI is InChI=1S/C35H45N3O12/c1-23(32(40)43-2)38-31(39)13-11-26-18-28(48-34(42)37-20-24-10-12-29-30(17-24)47-22-46-29)19-35(49-26)14-6-9-27(50-35)21-45-33(41)36-15-16-44-25-7-4-3-5-8-25/h3-5,7-8,10,12,17,23,26-28H,6,9,11,13-16,18-22H2,1-2H3,(H,36,41)(H,37,42)(H,38,39)/t23-,26?,27?,28?,35?/m0/s1. The maximum Gasteiger partial charge on any atom is 0.407 e. The van der Waals surface area contributed by atoms with Crippen LogP contribution in [-0.4, -0.2) is 87.9 Å². The number of amides is 3. The van der Waals surface area contributed by atoms with Crippen molar-refractivity contribution in [3.05, 3.63) is 54.1 Å². The van der Waals surface area contributed by atoms with Gasteiger partial charge in [0.05, 0.1) is 25.9 Å². The number of para-hydroxylation sites is 1. The average molecular weight is 700 g/mol. The molecule has 2 saturated heterocycles. The van der Waals surface area contributed by atoms with Gasteiger partial charge in [0.25, 0.3) is 0 Å². The van der Waals surface area contributed by atoms with Crippen molar-refractivity contribution in [2.24, 2.45) is 0 Å². The number of esters is 1. The summed E-state index contributed by atoms with van der Waals surface area (Å²) in [7, 11) is 1.25. The van der Waals surface area contributed by atoms with E-state index in [1.807, 2.05) is 36.4 Å². The van der Waals surface area contributed by atoms with Crippen molar-refractivity contribution in [2.75, 3.05) is 33.7 Å². The molecule has 0 radical (unpaired) electrons. The van der Waals surface area contributed by atoms with Gasteiger partial charge in [0.1, 0.15) is 31.1 Å². The van der Waals surface area contributed by atoms with E-state index < -0.39 is 48.3 Å². The first-order valence-electron chi connectivity index (χ1n) is 16.8. The molecule has 0 aliphatic carbocycles. The molecule has 2 fully saturated rings. The number of ether oxygens (including phenoxy) is 8. The summed E-state index contributed by atoms with van der Waals surface area (Å²) in [5.74, 6) is -0.0541. The molecule has 0 saturated carbocycles. The Morgan fingerprint density at radius 2 is 1.78 bits per heavy atom. The highest BCUT2D eigenvalue weighted by atomic mass is 16.7. The zero-order valence-electron chi connectivity index (χ0n) is 28.3. The number of rotatable bonds is 14. The average Bonchev–Trinajstić information content (AvgIpc) is 3.59. The van der Waals surface area contributed by atoms with Gasteiger partial charge in [0.15, 0.2) is 17.3 Å². The minimum atomic E-state index is -1.12. The molecule has 4 unspecified atom stereocenters. The zero-order chi connectivity index (χ0) is 35.3. The van der Waals surface area contributed by atoms with Gasteiger partial charge in [-0.3, -0.25) is 4.79 Å². The lowest BCUT2D eigenvalue weighted by Gasteiger charge is -2.47. The second-order valence-electron chi connectivity index (χ2n) is 12.3. The first kappa shape index (κ1) is 36.5. The highest BCUT2D eigenvalue weighted by Crippen LogP contribution is 2.41. The SMILES string of the molecule is COC(=O)[C@H](C)NC(=O)CCC1CC(OC(=O)NCc2ccc3c(c2)OCO3)CC2(CCCC(COC(=O)NCCOc3ccccc3)O2)O1. The fourth-order valence-electron chi connectivity index (χ4n) is 6.08. The van der Waals surface area contributed by atoms with E-state index in [0.717, 1.165) is 5.56 Å². The number of hydrogen-bond donors (Lipinski definition) is 3. The fraction of sp³-hybridized carbons (Fsp3) is 0.543. The van der Waals surface area contributed by atoms with Gasteiger partial charge in [-0.05, 0) is 56.0 Å². The monoisotopic (exact) mass is 699 g/mol. The van der Waals surface area contributed by atoms with E-state index in [1.54, 1.807) is 19.1 Å². The van der Waals surface area contributed by atoms with Gasteiger partial charge in [0.2, 0.25) is 12.7 Å². The van der Waals surface area contributed by atoms with Crippen LogP contribution in [0, 0.1) is 0 Å². The van der Waals surface area contributed by atoms with E-state index in [2.05, 4.69) is 20.7 Å². The summed E-state index contributed by atoms with van der Waals surface area (Å²) in [6.45, 7) is 2.44. The number of nitrogens with one attached hydrogen (secondary N) is 3. The minimum absolute atomic E-state index is 0.00346. The Morgan fingerprint density at radius 1 is 0.980 bits per heavy atom. The van der Waals surface area contributed by atoms with Crippen molar-refractivity contribution >= 4 is 24.1 Å². The Morgan fingerprint density at radius 3 is 2.60 bits per heavy atom. The molecule has 1 spiro atoms. The maximum absolute atomic E-state index is 13.0. The molecule has 15 nitrogen and oxygen atoms in total. The van der Waals surface area contributed by atoms with E-state index in [4.69, 9.17) is 33.2 Å². The second kappa shape index (κ2) is 17.8. The third kappa shape index (κ3) is 10.9. The largest absolute Gasteiger partial charge is 0.492 e. The normalized spacial score (nSPS) is 22.9. The van der Waals surface area contributed by atoms with Gasteiger partial charge in [-0.2, -0.15) is 0 Å². The van der Waals surface area contributed by atoms with E-state index in [0.29, 0.717) is 42.9 Å². The summed E-state index contributed by atoms with van der Waals surface area (Å²) in [4.78, 5) is 49.7. The number of carbonyl (C=O) groups is 4. The van der Waals surface area contributed by atoms with Crippen LogP contribution in [0.15, 0.2) is 48.5 Å². The van der Waals surface area contributed by atoms with Crippen LogP contribution in [0.4, 0.5) is 9.59 Å². The van der Waals surface area contributed by atoms with Gasteiger partial charge in [-0.15, -0.1) is 0 Å². The highest BCUT2D eigenvalue weighted by molar-refractivity contribution is 5.84. The molecular weight excluding hydrogens is 654 g/mol. The summed E-state index contributed by atoms with van der Waals surface area (Å²) in [5, 5.41) is 8.07. The molecule has 3 N–H and O–H groups in total. The molecule has 272 valence electrons. The van der Waals surface area contributed by atoms with E-state index in [-0.39, 0.29) is 58.3 Å². The summed E-state index contributed by atoms with van der Waals surface area (Å²) in [6, 6.07) is 13.9. The molecule has 2 aromatic carbocycles. The first-order chi connectivity index (χ1) is 24.2. The van der Waals surface area contributed by atoms with E-state index in [1.165, 1.54) is 7.11 Å². The topological polar surface area (TPSA) is 178 Å². The molecule has 50 heavy (non-hydrogen) atoms. The molecule has 0 bridgehead atoms. The number of benzene rings is 2. The summed E-state index contributed by atoms with van der Waals surface area (Å²) in [6.07, 6.45) is 0.0517. The zero-order valence-corrected chi connectivity index (χ0v) is 28.3. The van der Waals surface area contributed by atoms with Crippen molar-refractivity contribution in [2.45, 2.75) is 88.6 Å². The molecule has 5 rings (SSSR count). The van der Waals surface area contributed by atoms with E-state index in [9.17, 15) is 19.2 Å². The van der Waals surface area contributed by atoms with Crippen LogP contribution in [0.3, 0.4) is 0 Å². The van der Waals surface area contributed by atoms with Crippen molar-refractivity contribution < 1.29 is 57.1 Å². The quantitative estimate of drug-likeness (QED) is 0.148. The highest BCUT2D eigenvalue weighted by Gasteiger charge is 2.47. The Labute approximate surface area is 290 Å². The van der Waals surface area contributed by atoms with Crippen molar-refractivity contribution in [3.63, 3.8) is 0 Å². The Kier molecular flexibility index (Phi) is 13.0. The van der Waals surface area contributed by atoms with Gasteiger partial charge in [-0.1, -0.05) is 24.3 Å². The number of alkyl carbamates (subject to hydrolysis) is 2. The van der Waals surface area contributed by atoms with Crippen LogP contribution in [0.5, 0.6) is 17.2 Å². The van der Waals surface area contributed by atoms with Crippen LogP contribution >= 0.6 is 0 Å². The molecule has 2 aromatic rings. The predicted octanol–water partition coefficient (Wildman–Crippen LogP) is 3.72. The number of hydrogen-bond acceptors (Lipinski definition) is 12. The second-order valence-corrected chi connectivity index (χ2v) is 12.3. The van der Waals surface area contributed by atoms with Gasteiger partial charge >= 0.3 is 18.2 Å². The number of fused-ring (bicyclic) bond motifs is 1. The summed E-state index contributed by atoms with van der Waals surface area (Å²) in [5.41, 5.74) is 0.811. The lowest BCUT2D eigenvalue weighted by atomic mass is 9.90. The minimum Gasteiger partial charge on any atom is -0.492 e. The molecule has 15 heteroatoms. The molecule has 3 heterocycles. The van der Waals surface area contributed by atoms with Crippen LogP contribution in [-0.2, 0) is 39.8 Å². The molecule has 3 aliphatic rings. The molecule has 0 aromatic heterocycles. The van der Waals surface area contributed by atoms with Gasteiger partial charge < -0.3 is 53.8 Å². The van der Waals surface area contributed by atoms with E-state index >= 15 is 0 Å². The van der Waals surface area contributed by atoms with Crippen LogP contribution in [0.1, 0.15) is 57.4 Å². The smallest absolute Gasteiger partial charge is 0.407 e. The Bertz CT molecular complexity index is 1460. The van der Waals surface area contributed by atoms with Crippen LogP contribution in [0.25, 0.3) is 0 Å². The molecular formula is C35H45N3O12. The van der Waals surface area contributed by atoms with Crippen molar-refractivity contribution in [1.82, 2.24) is 16.0 Å². The third-order valence-electron chi connectivity index (χ3n) is 8.47. The maximum atomic E-state index is 13.0. The van der Waals surface area contributed by atoms with Gasteiger partial charge in [0, 0.05) is 32.2 Å². The molecule has 3 amide bonds. The first-order valence-corrected chi connectivity index (χ1v) is 16.8. The van der Waals surface area contributed by atoms with Crippen LogP contribution in [0.2, 0.25) is 0 Å². The Hall–Kier alpha value is -4.76. The van der Waals surface area contributed by atoms with Crippen molar-refractivity contribution in [3.8, 4) is 17.2 Å². The summed E-state index contributed by atoms with van der Waals surface area (Å²) < 4.78 is 45.3. The molecule has 5 atom stereocenters. The van der Waals surface area contributed by atoms with Crippen molar-refractivity contribution in [1.29, 1.82) is 0 Å². The molecule has 3 aliphatic heterocycles. The third-order valence-corrected chi connectivity index (χ3v) is 8.47. The lowest BCUT2D eigenvalue weighted by Crippen LogP contribution is -2.53. The number of carbonyl (C=O) groups excluding carboxylic acids is 4. The predicted molar refractivity (Wildman–Crippen MR) is 175 cm³/mol. The summed E-state index contributed by atoms with van der Waals surface area (Å²) >= 11 is 0. The Balaban J connectivity index is 1.14. The number of methoxy groups -OCH3 is 1. The lowest BCUT2D eigenvalue weighted by molar-refractivity contribution is -0.329.